The van der Waals surface area contributed by atoms with Crippen molar-refractivity contribution >= 4 is 17.8 Å². The first-order chi connectivity index (χ1) is 13.0. The molecular formula is C22H37NO5. The molecule has 1 amide bonds. The summed E-state index contributed by atoms with van der Waals surface area (Å²) in [6.45, 7) is 11.8. The zero-order valence-corrected chi connectivity index (χ0v) is 18.5. The minimum absolute atomic E-state index is 0.175. The second-order valence-electron chi connectivity index (χ2n) is 8.18. The summed E-state index contributed by atoms with van der Waals surface area (Å²) < 4.78 is 9.93. The van der Waals surface area contributed by atoms with Gasteiger partial charge in [-0.2, -0.15) is 0 Å². The number of hydrogen-bond acceptors (Lipinski definition) is 5. The van der Waals surface area contributed by atoms with Crippen LogP contribution in [0.1, 0.15) is 73.6 Å². The molecule has 0 spiro atoms. The van der Waals surface area contributed by atoms with E-state index in [4.69, 9.17) is 9.47 Å². The summed E-state index contributed by atoms with van der Waals surface area (Å²) >= 11 is 0. The van der Waals surface area contributed by atoms with Gasteiger partial charge in [0.25, 0.3) is 0 Å². The van der Waals surface area contributed by atoms with Gasteiger partial charge in [0, 0.05) is 13.0 Å². The Morgan fingerprint density at radius 1 is 1.04 bits per heavy atom. The van der Waals surface area contributed by atoms with E-state index in [2.05, 4.69) is 25.2 Å². The Morgan fingerprint density at radius 3 is 2.21 bits per heavy atom. The maximum Gasteiger partial charge on any atom is 0.407 e. The summed E-state index contributed by atoms with van der Waals surface area (Å²) in [7, 11) is 1.29. The average molecular weight is 396 g/mol. The summed E-state index contributed by atoms with van der Waals surface area (Å²) in [4.78, 5) is 36.0. The number of carbonyl (C=O) groups is 3. The van der Waals surface area contributed by atoms with Crippen molar-refractivity contribution < 1.29 is 23.9 Å². The smallest absolute Gasteiger partial charge is 0.407 e. The van der Waals surface area contributed by atoms with Crippen molar-refractivity contribution in [2.24, 2.45) is 5.92 Å². The third-order valence-corrected chi connectivity index (χ3v) is 3.94. The predicted molar refractivity (Wildman–Crippen MR) is 111 cm³/mol. The molecule has 0 aliphatic rings. The first-order valence-electron chi connectivity index (χ1n) is 9.82. The monoisotopic (exact) mass is 395 g/mol. The van der Waals surface area contributed by atoms with E-state index in [0.717, 1.165) is 18.4 Å². The Morgan fingerprint density at radius 2 is 1.68 bits per heavy atom. The third kappa shape index (κ3) is 13.1. The van der Waals surface area contributed by atoms with Gasteiger partial charge in [-0.15, -0.1) is 0 Å². The van der Waals surface area contributed by atoms with Crippen LogP contribution in [-0.4, -0.2) is 37.1 Å². The van der Waals surface area contributed by atoms with Crippen LogP contribution in [-0.2, 0) is 19.1 Å². The zero-order valence-electron chi connectivity index (χ0n) is 18.5. The molecule has 0 rings (SSSR count). The number of rotatable bonds is 11. The Kier molecular flexibility index (Phi) is 12.1. The van der Waals surface area contributed by atoms with Gasteiger partial charge in [0.1, 0.15) is 17.3 Å². The minimum atomic E-state index is -0.801. The van der Waals surface area contributed by atoms with E-state index in [1.165, 1.54) is 12.7 Å². The average Bonchev–Trinajstić information content (AvgIpc) is 2.56. The molecule has 0 aromatic heterocycles. The fourth-order valence-corrected chi connectivity index (χ4v) is 2.45. The van der Waals surface area contributed by atoms with Gasteiger partial charge in [0.15, 0.2) is 0 Å². The maximum absolute atomic E-state index is 12.4. The van der Waals surface area contributed by atoms with Crippen LogP contribution >= 0.6 is 0 Å². The van der Waals surface area contributed by atoms with Crippen LogP contribution in [0.5, 0.6) is 0 Å². The van der Waals surface area contributed by atoms with Gasteiger partial charge in [-0.05, 0) is 67.2 Å². The SMILES string of the molecule is COC(=O)C(C/C=C(/C)CCC=C(C)C)C(=O)CCCNC(=O)OC(C)(C)C. The summed E-state index contributed by atoms with van der Waals surface area (Å²) in [5.74, 6) is -1.49. The van der Waals surface area contributed by atoms with Gasteiger partial charge in [-0.1, -0.05) is 23.3 Å². The van der Waals surface area contributed by atoms with Crippen LogP contribution in [0.3, 0.4) is 0 Å². The highest BCUT2D eigenvalue weighted by Gasteiger charge is 2.26. The second-order valence-corrected chi connectivity index (χ2v) is 8.18. The topological polar surface area (TPSA) is 81.7 Å². The highest BCUT2D eigenvalue weighted by molar-refractivity contribution is 5.99. The largest absolute Gasteiger partial charge is 0.468 e. The lowest BCUT2D eigenvalue weighted by Gasteiger charge is -2.19. The van der Waals surface area contributed by atoms with Crippen molar-refractivity contribution in [1.29, 1.82) is 0 Å². The lowest BCUT2D eigenvalue weighted by atomic mass is 9.95. The normalized spacial score (nSPS) is 12.8. The van der Waals surface area contributed by atoms with E-state index >= 15 is 0 Å². The van der Waals surface area contributed by atoms with E-state index in [-0.39, 0.29) is 12.2 Å². The predicted octanol–water partition coefficient (Wildman–Crippen LogP) is 4.73. The second kappa shape index (κ2) is 13.1. The Balaban J connectivity index is 4.52. The molecule has 6 heteroatoms. The van der Waals surface area contributed by atoms with E-state index in [0.29, 0.717) is 19.4 Å². The van der Waals surface area contributed by atoms with Crippen LogP contribution < -0.4 is 5.32 Å². The zero-order chi connectivity index (χ0) is 21.7. The number of allylic oxidation sites excluding steroid dienone is 4. The Hall–Kier alpha value is -2.11. The molecule has 1 atom stereocenters. The molecule has 28 heavy (non-hydrogen) atoms. The standard InChI is InChI=1S/C22H37NO5/c1-16(2)10-8-11-17(3)13-14-18(20(25)27-7)19(24)12-9-15-23-21(26)28-22(4,5)6/h10,13,18H,8-9,11-12,14-15H2,1-7H3,(H,23,26)/b17-13-. The van der Waals surface area contributed by atoms with Crippen molar-refractivity contribution in [1.82, 2.24) is 5.32 Å². The molecule has 1 N–H and O–H groups in total. The van der Waals surface area contributed by atoms with Crippen molar-refractivity contribution in [3.8, 4) is 0 Å². The Labute approximate surface area is 169 Å². The van der Waals surface area contributed by atoms with Gasteiger partial charge in [0.2, 0.25) is 0 Å². The van der Waals surface area contributed by atoms with Gasteiger partial charge in [0.05, 0.1) is 7.11 Å². The fourth-order valence-electron chi connectivity index (χ4n) is 2.45. The summed E-state index contributed by atoms with van der Waals surface area (Å²) in [5, 5.41) is 2.61. The molecule has 0 aromatic rings. The molecule has 0 radical (unpaired) electrons. The first kappa shape index (κ1) is 25.9. The third-order valence-electron chi connectivity index (χ3n) is 3.94. The minimum Gasteiger partial charge on any atom is -0.468 e. The lowest BCUT2D eigenvalue weighted by Crippen LogP contribution is -2.33. The molecule has 0 saturated carbocycles. The Bertz CT molecular complexity index is 580. The van der Waals surface area contributed by atoms with Crippen molar-refractivity contribution in [3.63, 3.8) is 0 Å². The number of esters is 1. The van der Waals surface area contributed by atoms with E-state index in [1.54, 1.807) is 20.8 Å². The number of amides is 1. The number of Topliss-reactive ketones (excluding diaryl/α,β-unsaturated/α-hetero) is 1. The van der Waals surface area contributed by atoms with Crippen molar-refractivity contribution in [2.45, 2.75) is 79.2 Å². The molecule has 0 aliphatic carbocycles. The fraction of sp³-hybridized carbons (Fsp3) is 0.682. The van der Waals surface area contributed by atoms with Gasteiger partial charge >= 0.3 is 12.1 Å². The van der Waals surface area contributed by atoms with Crippen LogP contribution in [0.25, 0.3) is 0 Å². The van der Waals surface area contributed by atoms with Crippen LogP contribution in [0.15, 0.2) is 23.3 Å². The number of ether oxygens (including phenoxy) is 2. The molecule has 6 nitrogen and oxygen atoms in total. The highest BCUT2D eigenvalue weighted by atomic mass is 16.6. The van der Waals surface area contributed by atoms with Crippen molar-refractivity contribution in [3.05, 3.63) is 23.3 Å². The number of hydrogen-bond donors (Lipinski definition) is 1. The summed E-state index contributed by atoms with van der Waals surface area (Å²) in [5.41, 5.74) is 1.85. The lowest BCUT2D eigenvalue weighted by molar-refractivity contribution is -0.149. The molecule has 1 unspecified atom stereocenters. The highest BCUT2D eigenvalue weighted by Crippen LogP contribution is 2.16. The summed E-state index contributed by atoms with van der Waals surface area (Å²) in [6.07, 6.45) is 6.40. The van der Waals surface area contributed by atoms with E-state index < -0.39 is 23.6 Å². The molecule has 160 valence electrons. The van der Waals surface area contributed by atoms with Gasteiger partial charge in [-0.25, -0.2) is 4.79 Å². The molecule has 0 heterocycles. The van der Waals surface area contributed by atoms with Gasteiger partial charge in [-0.3, -0.25) is 9.59 Å². The molecule has 0 aromatic carbocycles. The van der Waals surface area contributed by atoms with Crippen molar-refractivity contribution in [2.75, 3.05) is 13.7 Å². The van der Waals surface area contributed by atoms with Crippen LogP contribution in [0, 0.1) is 5.92 Å². The molecular weight excluding hydrogens is 358 g/mol. The number of carbonyl (C=O) groups excluding carboxylic acids is 3. The molecule has 0 fully saturated rings. The van der Waals surface area contributed by atoms with Crippen LogP contribution in [0.4, 0.5) is 4.79 Å². The first-order valence-corrected chi connectivity index (χ1v) is 9.82. The number of ketones is 1. The number of methoxy groups -OCH3 is 1. The van der Waals surface area contributed by atoms with Crippen LogP contribution in [0.2, 0.25) is 0 Å². The number of nitrogens with one attached hydrogen (secondary N) is 1. The molecule has 0 aliphatic heterocycles. The number of alkyl carbamates (subject to hydrolysis) is 1. The molecule has 0 saturated heterocycles. The van der Waals surface area contributed by atoms with Gasteiger partial charge < -0.3 is 14.8 Å². The van der Waals surface area contributed by atoms with E-state index in [1.807, 2.05) is 13.0 Å². The quantitative estimate of drug-likeness (QED) is 0.237. The van der Waals surface area contributed by atoms with E-state index in [9.17, 15) is 14.4 Å². The maximum atomic E-state index is 12.4. The summed E-state index contributed by atoms with van der Waals surface area (Å²) in [6, 6.07) is 0. The molecule has 0 bridgehead atoms.